The van der Waals surface area contributed by atoms with E-state index in [1.807, 2.05) is 11.8 Å². The van der Waals surface area contributed by atoms with Crippen LogP contribution >= 0.6 is 0 Å². The van der Waals surface area contributed by atoms with E-state index in [1.54, 1.807) is 43.4 Å². The molecule has 0 spiro atoms. The van der Waals surface area contributed by atoms with Gasteiger partial charge in [0.15, 0.2) is 5.76 Å². The normalized spacial score (nSPS) is 10.9. The number of rotatable bonds is 9. The number of hydrogen-bond donors (Lipinski definition) is 2. The highest BCUT2D eigenvalue weighted by Crippen LogP contribution is 2.18. The number of carbonyl (C=O) groups is 2. The van der Waals surface area contributed by atoms with Gasteiger partial charge in [-0.1, -0.05) is 6.92 Å². The van der Waals surface area contributed by atoms with Gasteiger partial charge in [0.05, 0.1) is 19.4 Å². The highest BCUT2D eigenvalue weighted by atomic mass is 16.4. The zero-order valence-electron chi connectivity index (χ0n) is 16.3. The van der Waals surface area contributed by atoms with Crippen LogP contribution in [0.3, 0.4) is 0 Å². The summed E-state index contributed by atoms with van der Waals surface area (Å²) in [6.07, 6.45) is 2.40. The predicted octanol–water partition coefficient (Wildman–Crippen LogP) is 2.54. The summed E-state index contributed by atoms with van der Waals surface area (Å²) in [5.74, 6) is 0.876. The summed E-state index contributed by atoms with van der Waals surface area (Å²) in [5.41, 5.74) is 1.15. The van der Waals surface area contributed by atoms with Crippen molar-refractivity contribution in [2.75, 3.05) is 25.5 Å². The maximum atomic E-state index is 12.4. The van der Waals surface area contributed by atoms with E-state index in [1.165, 1.54) is 6.26 Å². The lowest BCUT2D eigenvalue weighted by Gasteiger charge is -2.19. The fraction of sp³-hybridized carbons (Fsp3) is 0.300. The van der Waals surface area contributed by atoms with Crippen molar-refractivity contribution in [2.24, 2.45) is 0 Å². The highest BCUT2D eigenvalue weighted by molar-refractivity contribution is 5.96. The number of benzene rings is 1. The third kappa shape index (κ3) is 5.52. The fourth-order valence-corrected chi connectivity index (χ4v) is 2.79. The molecule has 0 radical (unpaired) electrons. The minimum Gasteiger partial charge on any atom is -0.459 e. The van der Waals surface area contributed by atoms with Crippen LogP contribution in [-0.2, 0) is 11.3 Å². The van der Waals surface area contributed by atoms with Crippen molar-refractivity contribution in [1.29, 1.82) is 0 Å². The van der Waals surface area contributed by atoms with Gasteiger partial charge in [-0.05, 0) is 49.4 Å². The molecule has 0 bridgehead atoms. The van der Waals surface area contributed by atoms with Crippen molar-refractivity contribution >= 4 is 17.5 Å². The lowest BCUT2D eigenvalue weighted by Crippen LogP contribution is -2.33. The molecule has 3 rings (SSSR count). The lowest BCUT2D eigenvalue weighted by molar-refractivity contribution is -0.117. The molecule has 9 heteroatoms. The SMILES string of the molecule is CCCN(CC(=O)Nc1ccc(C(=O)NC)cc1)Cc1nnc(-c2ccco2)o1. The van der Waals surface area contributed by atoms with Crippen LogP contribution < -0.4 is 10.6 Å². The summed E-state index contributed by atoms with van der Waals surface area (Å²) in [6, 6.07) is 10.2. The van der Waals surface area contributed by atoms with E-state index < -0.39 is 0 Å². The molecule has 0 saturated carbocycles. The Morgan fingerprint density at radius 1 is 1.14 bits per heavy atom. The monoisotopic (exact) mass is 397 g/mol. The second-order valence-electron chi connectivity index (χ2n) is 6.39. The van der Waals surface area contributed by atoms with E-state index in [4.69, 9.17) is 8.83 Å². The fourth-order valence-electron chi connectivity index (χ4n) is 2.79. The van der Waals surface area contributed by atoms with Crippen molar-refractivity contribution < 1.29 is 18.4 Å². The number of anilines is 1. The average molecular weight is 397 g/mol. The van der Waals surface area contributed by atoms with Crippen LogP contribution in [0.2, 0.25) is 0 Å². The first-order chi connectivity index (χ1) is 14.1. The molecule has 2 heterocycles. The number of carbonyl (C=O) groups excluding carboxylic acids is 2. The molecule has 3 aromatic rings. The number of amides is 2. The molecular weight excluding hydrogens is 374 g/mol. The third-order valence-corrected chi connectivity index (χ3v) is 4.12. The van der Waals surface area contributed by atoms with Crippen LogP contribution in [0, 0.1) is 0 Å². The molecule has 9 nitrogen and oxygen atoms in total. The van der Waals surface area contributed by atoms with Crippen LogP contribution in [0.25, 0.3) is 11.7 Å². The first-order valence-electron chi connectivity index (χ1n) is 9.29. The van der Waals surface area contributed by atoms with E-state index in [0.717, 1.165) is 6.42 Å². The Bertz CT molecular complexity index is 934. The van der Waals surface area contributed by atoms with Gasteiger partial charge < -0.3 is 19.5 Å². The van der Waals surface area contributed by atoms with Gasteiger partial charge in [-0.3, -0.25) is 14.5 Å². The van der Waals surface area contributed by atoms with Crippen LogP contribution in [0.4, 0.5) is 5.69 Å². The van der Waals surface area contributed by atoms with E-state index in [9.17, 15) is 9.59 Å². The summed E-state index contributed by atoms with van der Waals surface area (Å²) in [5, 5.41) is 13.4. The molecule has 29 heavy (non-hydrogen) atoms. The topological polar surface area (TPSA) is 114 Å². The molecule has 0 unspecified atom stereocenters. The zero-order chi connectivity index (χ0) is 20.6. The molecule has 0 saturated heterocycles. The largest absolute Gasteiger partial charge is 0.459 e. The molecule has 0 aliphatic carbocycles. The van der Waals surface area contributed by atoms with Crippen molar-refractivity contribution in [3.63, 3.8) is 0 Å². The van der Waals surface area contributed by atoms with E-state index in [0.29, 0.717) is 41.9 Å². The Balaban J connectivity index is 1.58. The minimum atomic E-state index is -0.175. The van der Waals surface area contributed by atoms with Crippen LogP contribution in [0.15, 0.2) is 51.5 Å². The summed E-state index contributed by atoms with van der Waals surface area (Å²) < 4.78 is 10.9. The van der Waals surface area contributed by atoms with Gasteiger partial charge in [0.2, 0.25) is 11.8 Å². The van der Waals surface area contributed by atoms with Crippen molar-refractivity contribution in [3.05, 3.63) is 54.1 Å². The number of furan rings is 1. The Labute approximate surface area is 168 Å². The molecule has 2 aromatic heterocycles. The highest BCUT2D eigenvalue weighted by Gasteiger charge is 2.16. The molecule has 0 atom stereocenters. The summed E-state index contributed by atoms with van der Waals surface area (Å²) in [7, 11) is 1.57. The molecule has 2 N–H and O–H groups in total. The first kappa shape index (κ1) is 20.3. The molecule has 1 aromatic carbocycles. The van der Waals surface area contributed by atoms with Crippen LogP contribution in [-0.4, -0.2) is 47.0 Å². The number of nitrogens with zero attached hydrogens (tertiary/aromatic N) is 3. The van der Waals surface area contributed by atoms with E-state index in [-0.39, 0.29) is 18.4 Å². The van der Waals surface area contributed by atoms with E-state index in [2.05, 4.69) is 20.8 Å². The van der Waals surface area contributed by atoms with Gasteiger partial charge in [0.25, 0.3) is 11.8 Å². The summed E-state index contributed by atoms with van der Waals surface area (Å²) in [6.45, 7) is 3.25. The minimum absolute atomic E-state index is 0.170. The molecule has 0 aliphatic heterocycles. The zero-order valence-corrected chi connectivity index (χ0v) is 16.3. The predicted molar refractivity (Wildman–Crippen MR) is 106 cm³/mol. The Kier molecular flexibility index (Phi) is 6.75. The second-order valence-corrected chi connectivity index (χ2v) is 6.39. The van der Waals surface area contributed by atoms with Gasteiger partial charge in [-0.15, -0.1) is 10.2 Å². The van der Waals surface area contributed by atoms with Gasteiger partial charge in [0.1, 0.15) is 0 Å². The smallest absolute Gasteiger partial charge is 0.283 e. The first-order valence-corrected chi connectivity index (χ1v) is 9.29. The molecular formula is C20H23N5O4. The van der Waals surface area contributed by atoms with E-state index >= 15 is 0 Å². The molecule has 152 valence electrons. The average Bonchev–Trinajstić information content (AvgIpc) is 3.40. The number of nitrogens with one attached hydrogen (secondary N) is 2. The Hall–Kier alpha value is -3.46. The Morgan fingerprint density at radius 3 is 2.59 bits per heavy atom. The molecule has 2 amide bonds. The standard InChI is InChI=1S/C20H23N5O4/c1-3-10-25(13-18-23-24-20(29-18)16-5-4-11-28-16)12-17(26)22-15-8-6-14(7-9-15)19(27)21-2/h4-9,11H,3,10,12-13H2,1-2H3,(H,21,27)(H,22,26). The van der Waals surface area contributed by atoms with Crippen molar-refractivity contribution in [2.45, 2.75) is 19.9 Å². The molecule has 0 aliphatic rings. The van der Waals surface area contributed by atoms with Crippen molar-refractivity contribution in [1.82, 2.24) is 20.4 Å². The summed E-state index contributed by atoms with van der Waals surface area (Å²) in [4.78, 5) is 25.9. The number of aromatic nitrogens is 2. The second kappa shape index (κ2) is 9.65. The maximum absolute atomic E-state index is 12.4. The Morgan fingerprint density at radius 2 is 1.93 bits per heavy atom. The maximum Gasteiger partial charge on any atom is 0.283 e. The quantitative estimate of drug-likeness (QED) is 0.570. The third-order valence-electron chi connectivity index (χ3n) is 4.12. The van der Waals surface area contributed by atoms with Gasteiger partial charge in [-0.25, -0.2) is 0 Å². The van der Waals surface area contributed by atoms with Gasteiger partial charge in [0, 0.05) is 18.3 Å². The van der Waals surface area contributed by atoms with Crippen molar-refractivity contribution in [3.8, 4) is 11.7 Å². The number of hydrogen-bond acceptors (Lipinski definition) is 7. The summed E-state index contributed by atoms with van der Waals surface area (Å²) >= 11 is 0. The molecule has 0 fully saturated rings. The lowest BCUT2D eigenvalue weighted by atomic mass is 10.2. The van der Waals surface area contributed by atoms with Gasteiger partial charge in [-0.2, -0.15) is 0 Å². The van der Waals surface area contributed by atoms with Crippen LogP contribution in [0.5, 0.6) is 0 Å². The van der Waals surface area contributed by atoms with Gasteiger partial charge >= 0.3 is 0 Å². The van der Waals surface area contributed by atoms with Crippen LogP contribution in [0.1, 0.15) is 29.6 Å².